The molecule has 0 spiro atoms. The lowest BCUT2D eigenvalue weighted by atomic mass is 9.98. The molecule has 2 aliphatic carbocycles. The van der Waals surface area contributed by atoms with Crippen LogP contribution in [0.5, 0.6) is 0 Å². The van der Waals surface area contributed by atoms with E-state index in [1.165, 1.54) is 19.3 Å². The van der Waals surface area contributed by atoms with Gasteiger partial charge >= 0.3 is 0 Å². The van der Waals surface area contributed by atoms with Crippen molar-refractivity contribution in [2.45, 2.75) is 30.6 Å². The van der Waals surface area contributed by atoms with Crippen LogP contribution >= 0.6 is 0 Å². The van der Waals surface area contributed by atoms with Crippen molar-refractivity contribution < 1.29 is 8.39 Å². The van der Waals surface area contributed by atoms with Gasteiger partial charge in [0.15, 0.2) is 11.1 Å². The zero-order chi connectivity index (χ0) is 6.72. The van der Waals surface area contributed by atoms with E-state index in [-0.39, 0.29) is 0 Å². The van der Waals surface area contributed by atoms with Crippen LogP contribution in [0.3, 0.4) is 0 Å². The third kappa shape index (κ3) is 0.519. The van der Waals surface area contributed by atoms with Gasteiger partial charge in [-0.2, -0.15) is 0 Å². The number of hydrogen-bond acceptors (Lipinski definition) is 2. The summed E-state index contributed by atoms with van der Waals surface area (Å²) in [6, 6.07) is 0. The lowest BCUT2D eigenvalue weighted by Crippen LogP contribution is -2.19. The van der Waals surface area contributed by atoms with E-state index in [9.17, 15) is 4.21 Å². The Morgan fingerprint density at radius 1 is 1.30 bits per heavy atom. The molecule has 0 aromatic heterocycles. The van der Waals surface area contributed by atoms with Gasteiger partial charge in [0.05, 0.1) is 11.4 Å². The van der Waals surface area contributed by atoms with Crippen LogP contribution in [-0.2, 0) is 15.3 Å². The molecule has 1 aliphatic heterocycles. The summed E-state index contributed by atoms with van der Waals surface area (Å²) in [7, 11) is 0. The van der Waals surface area contributed by atoms with Crippen molar-refractivity contribution >= 4 is 11.1 Å². The maximum Gasteiger partial charge on any atom is 0.159 e. The number of fused-ring (bicyclic) bond motifs is 1. The molecule has 0 aromatic rings. The van der Waals surface area contributed by atoms with Crippen LogP contribution in [0.15, 0.2) is 0 Å². The molecule has 0 radical (unpaired) electrons. The summed E-state index contributed by atoms with van der Waals surface area (Å²) in [5.74, 6) is 1.53. The van der Waals surface area contributed by atoms with Crippen molar-refractivity contribution in [2.24, 2.45) is 11.8 Å². The predicted molar refractivity (Wildman–Crippen MR) is 37.6 cm³/mol. The van der Waals surface area contributed by atoms with Crippen molar-refractivity contribution in [1.82, 2.24) is 0 Å². The minimum absolute atomic E-state index is 0.379. The second-order valence-electron chi connectivity index (χ2n) is 3.67. The van der Waals surface area contributed by atoms with Crippen LogP contribution in [0, 0.1) is 11.8 Å². The number of rotatable bonds is 0. The smallest absolute Gasteiger partial charge is 0.159 e. The van der Waals surface area contributed by atoms with E-state index in [1.807, 2.05) is 0 Å². The van der Waals surface area contributed by atoms with Gasteiger partial charge in [0.25, 0.3) is 0 Å². The Labute approximate surface area is 62.6 Å². The van der Waals surface area contributed by atoms with E-state index in [4.69, 9.17) is 4.18 Å². The normalized spacial score (nSPS) is 63.8. The highest BCUT2D eigenvalue weighted by atomic mass is 32.2. The standard InChI is InChI=1S/C7H10O2S/c8-10-7-3-4-1-5(7)6(2-4)9-10/h4-7H,1-3H2. The zero-order valence-corrected chi connectivity index (χ0v) is 6.47. The molecule has 56 valence electrons. The summed E-state index contributed by atoms with van der Waals surface area (Å²) in [4.78, 5) is 0. The van der Waals surface area contributed by atoms with E-state index in [0.29, 0.717) is 17.3 Å². The number of hydrogen-bond donors (Lipinski definition) is 0. The molecule has 0 amide bonds. The van der Waals surface area contributed by atoms with E-state index in [1.54, 1.807) is 0 Å². The summed E-state index contributed by atoms with van der Waals surface area (Å²) in [6.07, 6.45) is 4.03. The first-order chi connectivity index (χ1) is 4.84. The Hall–Kier alpha value is 0.110. The first kappa shape index (κ1) is 5.72. The Kier molecular flexibility index (Phi) is 0.939. The molecule has 2 nitrogen and oxygen atoms in total. The molecule has 2 bridgehead atoms. The first-order valence-corrected chi connectivity index (χ1v) is 5.06. The Morgan fingerprint density at radius 3 is 2.80 bits per heavy atom. The third-order valence-corrected chi connectivity index (χ3v) is 4.63. The van der Waals surface area contributed by atoms with Gasteiger partial charge in [-0.25, -0.2) is 4.21 Å². The molecule has 0 N–H and O–H groups in total. The van der Waals surface area contributed by atoms with Crippen molar-refractivity contribution in [1.29, 1.82) is 0 Å². The fraction of sp³-hybridized carbons (Fsp3) is 1.00. The zero-order valence-electron chi connectivity index (χ0n) is 5.66. The van der Waals surface area contributed by atoms with Crippen LogP contribution in [0.1, 0.15) is 19.3 Å². The van der Waals surface area contributed by atoms with Crippen molar-refractivity contribution in [3.8, 4) is 0 Å². The molecule has 1 saturated heterocycles. The quantitative estimate of drug-likeness (QED) is 0.522. The predicted octanol–water partition coefficient (Wildman–Crippen LogP) is 0.847. The van der Waals surface area contributed by atoms with Gasteiger partial charge in [0, 0.05) is 5.92 Å². The van der Waals surface area contributed by atoms with Crippen molar-refractivity contribution in [3.05, 3.63) is 0 Å². The molecular formula is C7H10O2S. The van der Waals surface area contributed by atoms with Crippen molar-refractivity contribution in [3.63, 3.8) is 0 Å². The highest BCUT2D eigenvalue weighted by Crippen LogP contribution is 2.52. The van der Waals surface area contributed by atoms with Crippen LogP contribution in [0.2, 0.25) is 0 Å². The average Bonchev–Trinajstić information content (AvgIpc) is 2.44. The maximum atomic E-state index is 11.2. The Morgan fingerprint density at radius 2 is 2.20 bits per heavy atom. The van der Waals surface area contributed by atoms with Gasteiger partial charge in [-0.15, -0.1) is 0 Å². The van der Waals surface area contributed by atoms with E-state index >= 15 is 0 Å². The molecule has 0 aromatic carbocycles. The monoisotopic (exact) mass is 158 g/mol. The summed E-state index contributed by atoms with van der Waals surface area (Å²) in [5, 5.41) is 0.420. The van der Waals surface area contributed by atoms with Gasteiger partial charge in [0.2, 0.25) is 0 Å². The molecule has 3 rings (SSSR count). The van der Waals surface area contributed by atoms with Gasteiger partial charge in [-0.3, -0.25) is 4.18 Å². The van der Waals surface area contributed by atoms with Crippen LogP contribution in [-0.4, -0.2) is 15.6 Å². The fourth-order valence-corrected chi connectivity index (χ4v) is 4.36. The summed E-state index contributed by atoms with van der Waals surface area (Å²) in [5.41, 5.74) is 0. The lowest BCUT2D eigenvalue weighted by molar-refractivity contribution is 0.203. The molecular weight excluding hydrogens is 148 g/mol. The maximum absolute atomic E-state index is 11.2. The minimum atomic E-state index is -0.917. The molecule has 3 fully saturated rings. The largest absolute Gasteiger partial charge is 0.287 e. The van der Waals surface area contributed by atoms with E-state index in [0.717, 1.165) is 5.92 Å². The van der Waals surface area contributed by atoms with Crippen LogP contribution in [0.25, 0.3) is 0 Å². The molecule has 5 unspecified atom stereocenters. The van der Waals surface area contributed by atoms with Gasteiger partial charge in [-0.1, -0.05) is 0 Å². The second kappa shape index (κ2) is 1.64. The van der Waals surface area contributed by atoms with E-state index in [2.05, 4.69) is 0 Å². The van der Waals surface area contributed by atoms with Gasteiger partial charge < -0.3 is 0 Å². The van der Waals surface area contributed by atoms with Crippen molar-refractivity contribution in [2.75, 3.05) is 0 Å². The lowest BCUT2D eigenvalue weighted by Gasteiger charge is -2.11. The molecule has 3 aliphatic rings. The van der Waals surface area contributed by atoms with Gasteiger partial charge in [-0.05, 0) is 25.2 Å². The Bertz CT molecular complexity index is 202. The Balaban J connectivity index is 2.05. The average molecular weight is 158 g/mol. The summed E-state index contributed by atoms with van der Waals surface area (Å²) >= 11 is -0.917. The molecule has 2 saturated carbocycles. The third-order valence-electron chi connectivity index (χ3n) is 3.16. The van der Waals surface area contributed by atoms with Crippen LogP contribution < -0.4 is 0 Å². The topological polar surface area (TPSA) is 26.3 Å². The highest BCUT2D eigenvalue weighted by Gasteiger charge is 2.55. The van der Waals surface area contributed by atoms with Crippen LogP contribution in [0.4, 0.5) is 0 Å². The fourth-order valence-electron chi connectivity index (χ4n) is 2.75. The summed E-state index contributed by atoms with van der Waals surface area (Å²) in [6.45, 7) is 0. The molecule has 1 heterocycles. The SMILES string of the molecule is O=S1OC2CC3CC2C1C3. The molecule has 5 atom stereocenters. The first-order valence-electron chi connectivity index (χ1n) is 3.92. The minimum Gasteiger partial charge on any atom is -0.287 e. The summed E-state index contributed by atoms with van der Waals surface area (Å²) < 4.78 is 16.5. The second-order valence-corrected chi connectivity index (χ2v) is 4.99. The van der Waals surface area contributed by atoms with E-state index < -0.39 is 11.1 Å². The molecule has 3 heteroatoms. The molecule has 10 heavy (non-hydrogen) atoms. The highest BCUT2D eigenvalue weighted by molar-refractivity contribution is 7.81. The van der Waals surface area contributed by atoms with Gasteiger partial charge in [0.1, 0.15) is 0 Å².